The second kappa shape index (κ2) is 8.73. The highest BCUT2D eigenvalue weighted by molar-refractivity contribution is 7.84. The van der Waals surface area contributed by atoms with Crippen LogP contribution in [0.15, 0.2) is 42.5 Å². The van der Waals surface area contributed by atoms with E-state index in [0.717, 1.165) is 23.1 Å². The number of fused-ring (bicyclic) bond motifs is 1. The zero-order valence-corrected chi connectivity index (χ0v) is 17.7. The first-order valence-electron chi connectivity index (χ1n) is 9.56. The predicted molar refractivity (Wildman–Crippen MR) is 117 cm³/mol. The topological polar surface area (TPSA) is 55.4 Å². The maximum absolute atomic E-state index is 14.1. The Labute approximate surface area is 175 Å². The normalized spacial score (nSPS) is 16.1. The number of hydrogen-bond acceptors (Lipinski definition) is 4. The molecule has 2 aromatic carbocycles. The van der Waals surface area contributed by atoms with Crippen LogP contribution in [0.5, 0.6) is 0 Å². The summed E-state index contributed by atoms with van der Waals surface area (Å²) in [6.45, 7) is 3.10. The summed E-state index contributed by atoms with van der Waals surface area (Å²) in [6.07, 6.45) is 1.65. The van der Waals surface area contributed by atoms with Crippen LogP contribution in [0.3, 0.4) is 0 Å². The lowest BCUT2D eigenvalue weighted by Crippen LogP contribution is -2.25. The van der Waals surface area contributed by atoms with Gasteiger partial charge in [-0.05, 0) is 55.2 Å². The Balaban J connectivity index is 1.49. The first-order chi connectivity index (χ1) is 14.0. The van der Waals surface area contributed by atoms with Crippen molar-refractivity contribution in [2.45, 2.75) is 30.8 Å². The predicted octanol–water partition coefficient (Wildman–Crippen LogP) is 5.03. The number of carbonyl (C=O) groups is 1. The molecule has 0 bridgehead atoms. The Morgan fingerprint density at radius 1 is 1.24 bits per heavy atom. The Kier molecular flexibility index (Phi) is 6.08. The van der Waals surface area contributed by atoms with E-state index in [-0.39, 0.29) is 17.0 Å². The van der Waals surface area contributed by atoms with E-state index in [9.17, 15) is 13.4 Å². The maximum Gasteiger partial charge on any atom is 0.266 e. The van der Waals surface area contributed by atoms with Gasteiger partial charge in [0, 0.05) is 50.8 Å². The number of rotatable bonds is 5. The van der Waals surface area contributed by atoms with Crippen LogP contribution in [0, 0.1) is 12.7 Å². The fraction of sp³-hybridized carbons (Fsp3) is 0.318. The van der Waals surface area contributed by atoms with Crippen LogP contribution in [-0.4, -0.2) is 28.6 Å². The van der Waals surface area contributed by atoms with Gasteiger partial charge < -0.3 is 10.1 Å². The van der Waals surface area contributed by atoms with E-state index in [1.807, 2.05) is 30.3 Å². The third-order valence-electron chi connectivity index (χ3n) is 5.14. The van der Waals surface area contributed by atoms with Crippen molar-refractivity contribution in [3.05, 3.63) is 64.3 Å². The van der Waals surface area contributed by atoms with Crippen LogP contribution < -0.4 is 5.32 Å². The molecule has 1 fully saturated rings. The van der Waals surface area contributed by atoms with Gasteiger partial charge in [-0.25, -0.2) is 4.39 Å². The number of aryl methyl sites for hydroxylation is 1. The lowest BCUT2D eigenvalue weighted by molar-refractivity contribution is 0.0991. The molecular formula is C22H22FNO3S2. The monoisotopic (exact) mass is 431 g/mol. The third-order valence-corrected chi connectivity index (χ3v) is 8.23. The van der Waals surface area contributed by atoms with Crippen LogP contribution in [0.4, 0.5) is 10.1 Å². The van der Waals surface area contributed by atoms with Crippen molar-refractivity contribution in [1.82, 2.24) is 0 Å². The molecule has 0 spiro atoms. The molecule has 1 N–H and O–H groups in total. The molecular weight excluding hydrogens is 409 g/mol. The Morgan fingerprint density at radius 2 is 2.00 bits per heavy atom. The average molecular weight is 432 g/mol. The highest BCUT2D eigenvalue weighted by Gasteiger charge is 2.21. The molecule has 1 saturated heterocycles. The smallest absolute Gasteiger partial charge is 0.266 e. The number of nitrogens with one attached hydrogen (secondary N) is 1. The molecule has 1 aromatic heterocycles. The van der Waals surface area contributed by atoms with Crippen LogP contribution in [-0.2, 0) is 21.3 Å². The molecule has 1 aliphatic rings. The fourth-order valence-electron chi connectivity index (χ4n) is 3.62. The van der Waals surface area contributed by atoms with Crippen molar-refractivity contribution < 1.29 is 18.1 Å². The Morgan fingerprint density at radius 3 is 2.76 bits per heavy atom. The first kappa shape index (κ1) is 20.2. The highest BCUT2D eigenvalue weighted by atomic mass is 32.2. The molecule has 2 heterocycles. The molecule has 1 aliphatic heterocycles. The maximum atomic E-state index is 14.1. The van der Waals surface area contributed by atoms with E-state index in [1.165, 1.54) is 17.4 Å². The van der Waals surface area contributed by atoms with Gasteiger partial charge in [0.1, 0.15) is 5.82 Å². The SMILES string of the molecule is Cc1c(C(=O)Nc2cccc(CS(=O)C3CCOCC3)c2)sc2cccc(F)c12. The first-order valence-corrected chi connectivity index (χ1v) is 11.8. The quantitative estimate of drug-likeness (QED) is 0.617. The number of carbonyl (C=O) groups excluding carboxylic acids is 1. The van der Waals surface area contributed by atoms with E-state index in [1.54, 1.807) is 13.0 Å². The van der Waals surface area contributed by atoms with Crippen molar-refractivity contribution in [1.29, 1.82) is 0 Å². The van der Waals surface area contributed by atoms with Gasteiger partial charge in [0.25, 0.3) is 5.91 Å². The molecule has 29 heavy (non-hydrogen) atoms. The third kappa shape index (κ3) is 4.42. The number of amides is 1. The summed E-state index contributed by atoms with van der Waals surface area (Å²) < 4.78 is 32.8. The number of anilines is 1. The van der Waals surface area contributed by atoms with Crippen LogP contribution in [0.2, 0.25) is 0 Å². The molecule has 4 nitrogen and oxygen atoms in total. The van der Waals surface area contributed by atoms with Gasteiger partial charge in [0.05, 0.1) is 4.88 Å². The molecule has 1 unspecified atom stereocenters. The number of ether oxygens (including phenoxy) is 1. The van der Waals surface area contributed by atoms with E-state index < -0.39 is 10.8 Å². The minimum absolute atomic E-state index is 0.165. The minimum atomic E-state index is -0.964. The summed E-state index contributed by atoms with van der Waals surface area (Å²) in [4.78, 5) is 13.3. The van der Waals surface area contributed by atoms with Gasteiger partial charge in [0.2, 0.25) is 0 Å². The van der Waals surface area contributed by atoms with Crippen LogP contribution in [0.25, 0.3) is 10.1 Å². The number of hydrogen-bond donors (Lipinski definition) is 1. The fourth-order valence-corrected chi connectivity index (χ4v) is 6.20. The summed E-state index contributed by atoms with van der Waals surface area (Å²) >= 11 is 1.29. The zero-order chi connectivity index (χ0) is 20.4. The van der Waals surface area contributed by atoms with Crippen LogP contribution >= 0.6 is 11.3 Å². The molecule has 0 aliphatic carbocycles. The number of thiophene rings is 1. The molecule has 7 heteroatoms. The van der Waals surface area contributed by atoms with Gasteiger partial charge in [0.15, 0.2) is 0 Å². The Bertz CT molecular complexity index is 1070. The average Bonchev–Trinajstić information content (AvgIpc) is 3.07. The molecule has 0 saturated carbocycles. The highest BCUT2D eigenvalue weighted by Crippen LogP contribution is 2.33. The summed E-state index contributed by atoms with van der Waals surface area (Å²) in [6, 6.07) is 12.3. The summed E-state index contributed by atoms with van der Waals surface area (Å²) in [7, 11) is -0.964. The Hall–Kier alpha value is -2.09. The minimum Gasteiger partial charge on any atom is -0.381 e. The van der Waals surface area contributed by atoms with Crippen molar-refractivity contribution in [2.75, 3.05) is 18.5 Å². The van der Waals surface area contributed by atoms with Crippen LogP contribution in [0.1, 0.15) is 33.6 Å². The van der Waals surface area contributed by atoms with Crippen molar-refractivity contribution in [3.8, 4) is 0 Å². The van der Waals surface area contributed by atoms with Gasteiger partial charge >= 0.3 is 0 Å². The van der Waals surface area contributed by atoms with Gasteiger partial charge in [-0.3, -0.25) is 9.00 Å². The van der Waals surface area contributed by atoms with E-state index in [4.69, 9.17) is 4.74 Å². The lowest BCUT2D eigenvalue weighted by atomic mass is 10.1. The van der Waals surface area contributed by atoms with Gasteiger partial charge in [-0.15, -0.1) is 11.3 Å². The molecule has 1 atom stereocenters. The molecule has 3 aromatic rings. The van der Waals surface area contributed by atoms with Crippen molar-refractivity contribution >= 4 is 43.8 Å². The summed E-state index contributed by atoms with van der Waals surface area (Å²) in [5, 5.41) is 3.57. The number of benzene rings is 2. The number of halogens is 1. The molecule has 1 amide bonds. The summed E-state index contributed by atoms with van der Waals surface area (Å²) in [5.41, 5.74) is 2.22. The lowest BCUT2D eigenvalue weighted by Gasteiger charge is -2.21. The van der Waals surface area contributed by atoms with E-state index in [0.29, 0.717) is 40.5 Å². The molecule has 152 valence electrons. The zero-order valence-electron chi connectivity index (χ0n) is 16.1. The van der Waals surface area contributed by atoms with Crippen molar-refractivity contribution in [2.24, 2.45) is 0 Å². The molecule has 0 radical (unpaired) electrons. The van der Waals surface area contributed by atoms with E-state index >= 15 is 0 Å². The summed E-state index contributed by atoms with van der Waals surface area (Å²) in [5.74, 6) is -0.111. The largest absolute Gasteiger partial charge is 0.381 e. The second-order valence-corrected chi connectivity index (χ2v) is 9.93. The van der Waals surface area contributed by atoms with Crippen molar-refractivity contribution in [3.63, 3.8) is 0 Å². The second-order valence-electron chi connectivity index (χ2n) is 7.16. The van der Waals surface area contributed by atoms with Gasteiger partial charge in [-0.1, -0.05) is 18.2 Å². The standard InChI is InChI=1S/C22H22FNO3S2/c1-14-20-18(23)6-3-7-19(20)28-21(14)22(25)24-16-5-2-4-15(12-16)13-29(26)17-8-10-27-11-9-17/h2-7,12,17H,8-11,13H2,1H3,(H,24,25). The van der Waals surface area contributed by atoms with E-state index in [2.05, 4.69) is 5.32 Å². The van der Waals surface area contributed by atoms with Gasteiger partial charge in [-0.2, -0.15) is 0 Å². The molecule has 4 rings (SSSR count).